The van der Waals surface area contributed by atoms with Crippen molar-refractivity contribution in [3.63, 3.8) is 0 Å². The van der Waals surface area contributed by atoms with Crippen LogP contribution in [0.2, 0.25) is 5.02 Å². The molecule has 0 aromatic heterocycles. The molecule has 3 heteroatoms. The van der Waals surface area contributed by atoms with Crippen LogP contribution in [0.4, 0.5) is 0 Å². The Morgan fingerprint density at radius 2 is 1.94 bits per heavy atom. The molecule has 0 radical (unpaired) electrons. The summed E-state index contributed by atoms with van der Waals surface area (Å²) in [4.78, 5) is 11.2. The van der Waals surface area contributed by atoms with Crippen molar-refractivity contribution in [2.24, 2.45) is 5.41 Å². The maximum absolute atomic E-state index is 11.2. The smallest absolute Gasteiger partial charge is 0.159 e. The summed E-state index contributed by atoms with van der Waals surface area (Å²) >= 11 is 6.06. The van der Waals surface area contributed by atoms with E-state index in [4.69, 9.17) is 11.6 Å². The average molecular weight is 241 g/mol. The van der Waals surface area contributed by atoms with Crippen molar-refractivity contribution < 1.29 is 9.90 Å². The summed E-state index contributed by atoms with van der Waals surface area (Å²) in [5.74, 6) is -0.0290. The second-order valence-electron chi connectivity index (χ2n) is 5.06. The molecule has 0 aliphatic heterocycles. The van der Waals surface area contributed by atoms with E-state index >= 15 is 0 Å². The van der Waals surface area contributed by atoms with E-state index in [1.807, 2.05) is 20.8 Å². The number of hydrogen-bond acceptors (Lipinski definition) is 2. The number of carbonyl (C=O) groups is 1. The number of halogens is 1. The third-order valence-corrected chi connectivity index (χ3v) is 2.85. The van der Waals surface area contributed by atoms with E-state index in [2.05, 4.69) is 0 Å². The first kappa shape index (κ1) is 13.2. The first-order valence-electron chi connectivity index (χ1n) is 5.22. The van der Waals surface area contributed by atoms with Gasteiger partial charge in [0, 0.05) is 10.6 Å². The third-order valence-electron chi connectivity index (χ3n) is 2.52. The molecule has 1 N–H and O–H groups in total. The van der Waals surface area contributed by atoms with E-state index in [1.165, 1.54) is 6.92 Å². The van der Waals surface area contributed by atoms with Crippen molar-refractivity contribution in [3.8, 4) is 0 Å². The summed E-state index contributed by atoms with van der Waals surface area (Å²) in [5.41, 5.74) is 0.954. The van der Waals surface area contributed by atoms with Crippen LogP contribution in [0.15, 0.2) is 18.2 Å². The van der Waals surface area contributed by atoms with Crippen molar-refractivity contribution >= 4 is 17.4 Å². The molecule has 1 aromatic carbocycles. The van der Waals surface area contributed by atoms with Gasteiger partial charge in [-0.2, -0.15) is 0 Å². The van der Waals surface area contributed by atoms with Crippen LogP contribution in [0.25, 0.3) is 0 Å². The molecule has 0 spiro atoms. The molecule has 0 aliphatic rings. The zero-order valence-electron chi connectivity index (χ0n) is 10.0. The first-order chi connectivity index (χ1) is 7.23. The lowest BCUT2D eigenvalue weighted by molar-refractivity contribution is 0.0627. The Morgan fingerprint density at radius 3 is 2.31 bits per heavy atom. The minimum Gasteiger partial charge on any atom is -0.388 e. The molecule has 1 atom stereocenters. The van der Waals surface area contributed by atoms with E-state index in [1.54, 1.807) is 18.2 Å². The lowest BCUT2D eigenvalue weighted by Crippen LogP contribution is -2.18. The van der Waals surface area contributed by atoms with Crippen molar-refractivity contribution in [1.29, 1.82) is 0 Å². The number of carbonyl (C=O) groups excluding carboxylic acids is 1. The summed E-state index contributed by atoms with van der Waals surface area (Å²) in [6, 6.07) is 5.02. The highest BCUT2D eigenvalue weighted by atomic mass is 35.5. The molecular weight excluding hydrogens is 224 g/mol. The van der Waals surface area contributed by atoms with Gasteiger partial charge in [0.2, 0.25) is 0 Å². The van der Waals surface area contributed by atoms with Gasteiger partial charge in [-0.25, -0.2) is 0 Å². The summed E-state index contributed by atoms with van der Waals surface area (Å²) < 4.78 is 0. The lowest BCUT2D eigenvalue weighted by Gasteiger charge is -2.27. The Bertz CT molecular complexity index is 405. The summed E-state index contributed by atoms with van der Waals surface area (Å²) in [6.07, 6.45) is -0.638. The Hall–Kier alpha value is -0.860. The fourth-order valence-electron chi connectivity index (χ4n) is 1.43. The van der Waals surface area contributed by atoms with Crippen LogP contribution < -0.4 is 0 Å². The van der Waals surface area contributed by atoms with E-state index < -0.39 is 6.10 Å². The molecule has 1 aromatic rings. The van der Waals surface area contributed by atoms with E-state index in [0.717, 1.165) is 0 Å². The second-order valence-corrected chi connectivity index (χ2v) is 5.47. The standard InChI is InChI=1S/C13H17ClO2/c1-8(15)9-5-6-10(11(14)7-9)12(16)13(2,3)4/h5-7,12,16H,1-4H3. The van der Waals surface area contributed by atoms with Gasteiger partial charge >= 0.3 is 0 Å². The van der Waals surface area contributed by atoms with Crippen LogP contribution in [-0.4, -0.2) is 10.9 Å². The molecule has 88 valence electrons. The van der Waals surface area contributed by atoms with Crippen molar-refractivity contribution in [2.45, 2.75) is 33.8 Å². The maximum Gasteiger partial charge on any atom is 0.159 e. The zero-order chi connectivity index (χ0) is 12.5. The molecule has 0 saturated carbocycles. The molecule has 0 aliphatic carbocycles. The second kappa shape index (κ2) is 4.56. The predicted octanol–water partition coefficient (Wildman–Crippen LogP) is 3.62. The van der Waals surface area contributed by atoms with E-state index in [9.17, 15) is 9.90 Å². The Labute approximate surface area is 101 Å². The fourth-order valence-corrected chi connectivity index (χ4v) is 1.72. The monoisotopic (exact) mass is 240 g/mol. The highest BCUT2D eigenvalue weighted by Gasteiger charge is 2.25. The van der Waals surface area contributed by atoms with Gasteiger partial charge in [0.25, 0.3) is 0 Å². The molecular formula is C13H17ClO2. The van der Waals surface area contributed by atoms with Gasteiger partial charge in [-0.05, 0) is 24.0 Å². The summed E-state index contributed by atoms with van der Waals surface area (Å²) in [6.45, 7) is 7.30. The van der Waals surface area contributed by atoms with Gasteiger partial charge in [0.15, 0.2) is 5.78 Å². The number of benzene rings is 1. The van der Waals surface area contributed by atoms with Crippen molar-refractivity contribution in [1.82, 2.24) is 0 Å². The minimum atomic E-state index is -0.638. The molecule has 2 nitrogen and oxygen atoms in total. The largest absolute Gasteiger partial charge is 0.388 e. The van der Waals surface area contributed by atoms with Crippen LogP contribution in [0.5, 0.6) is 0 Å². The van der Waals surface area contributed by atoms with Crippen LogP contribution in [-0.2, 0) is 0 Å². The normalized spacial score (nSPS) is 13.6. The Kier molecular flexibility index (Phi) is 3.76. The van der Waals surface area contributed by atoms with Gasteiger partial charge in [-0.3, -0.25) is 4.79 Å². The molecule has 0 heterocycles. The first-order valence-corrected chi connectivity index (χ1v) is 5.59. The number of ketones is 1. The molecule has 1 rings (SSSR count). The van der Waals surface area contributed by atoms with Gasteiger partial charge in [-0.15, -0.1) is 0 Å². The van der Waals surface area contributed by atoms with Crippen LogP contribution in [0.3, 0.4) is 0 Å². The van der Waals surface area contributed by atoms with Crippen LogP contribution in [0.1, 0.15) is 49.7 Å². The van der Waals surface area contributed by atoms with Crippen LogP contribution >= 0.6 is 11.6 Å². The van der Waals surface area contributed by atoms with Gasteiger partial charge < -0.3 is 5.11 Å². The molecule has 0 bridgehead atoms. The summed E-state index contributed by atoms with van der Waals surface area (Å²) in [7, 11) is 0. The number of aliphatic hydroxyl groups is 1. The molecule has 1 unspecified atom stereocenters. The fraction of sp³-hybridized carbons (Fsp3) is 0.462. The predicted molar refractivity (Wildman–Crippen MR) is 65.9 cm³/mol. The Balaban J connectivity index is 3.13. The molecule has 0 fully saturated rings. The molecule has 16 heavy (non-hydrogen) atoms. The minimum absolute atomic E-state index is 0.0290. The SMILES string of the molecule is CC(=O)c1ccc(C(O)C(C)(C)C)c(Cl)c1. The van der Waals surface area contributed by atoms with Crippen molar-refractivity contribution in [2.75, 3.05) is 0 Å². The van der Waals surface area contributed by atoms with Gasteiger partial charge in [0.1, 0.15) is 0 Å². The van der Waals surface area contributed by atoms with E-state index in [-0.39, 0.29) is 11.2 Å². The maximum atomic E-state index is 11.2. The quantitative estimate of drug-likeness (QED) is 0.802. The van der Waals surface area contributed by atoms with Crippen LogP contribution in [0, 0.1) is 5.41 Å². The molecule has 0 saturated heterocycles. The average Bonchev–Trinajstić information content (AvgIpc) is 2.15. The number of Topliss-reactive ketones (excluding diaryl/α,β-unsaturated/α-hetero) is 1. The summed E-state index contributed by atoms with van der Waals surface area (Å²) in [5, 5.41) is 10.5. The highest BCUT2D eigenvalue weighted by molar-refractivity contribution is 6.31. The van der Waals surface area contributed by atoms with Crippen molar-refractivity contribution in [3.05, 3.63) is 34.3 Å². The van der Waals surface area contributed by atoms with Gasteiger partial charge in [0.05, 0.1) is 6.10 Å². The zero-order valence-corrected chi connectivity index (χ0v) is 10.8. The number of aliphatic hydroxyl groups excluding tert-OH is 1. The Morgan fingerprint density at radius 1 is 1.38 bits per heavy atom. The lowest BCUT2D eigenvalue weighted by atomic mass is 9.84. The van der Waals surface area contributed by atoms with Gasteiger partial charge in [-0.1, -0.05) is 44.5 Å². The van der Waals surface area contributed by atoms with E-state index in [0.29, 0.717) is 16.1 Å². The number of rotatable bonds is 2. The number of hydrogen-bond donors (Lipinski definition) is 1. The third kappa shape index (κ3) is 2.83. The molecule has 0 amide bonds. The topological polar surface area (TPSA) is 37.3 Å². The highest BCUT2D eigenvalue weighted by Crippen LogP contribution is 2.36.